The largest absolute Gasteiger partial charge is 0.488 e. The van der Waals surface area contributed by atoms with Gasteiger partial charge < -0.3 is 19.5 Å². The molecule has 0 aliphatic carbocycles. The molecule has 0 radical (unpaired) electrons. The molecule has 1 aliphatic rings. The number of rotatable bonds is 7. The molecule has 1 heterocycles. The summed E-state index contributed by atoms with van der Waals surface area (Å²) >= 11 is 0. The molecule has 1 saturated heterocycles. The third-order valence-electron chi connectivity index (χ3n) is 2.93. The van der Waals surface area contributed by atoms with E-state index in [4.69, 9.17) is 14.9 Å². The maximum atomic E-state index is 9.65. The van der Waals surface area contributed by atoms with Crippen LogP contribution in [0.3, 0.4) is 0 Å². The second kappa shape index (κ2) is 8.11. The highest BCUT2D eigenvalue weighted by molar-refractivity contribution is 5.93. The molecule has 0 saturated carbocycles. The first kappa shape index (κ1) is 15.0. The number of unbranched alkanes of at least 4 members (excludes halogenated alkanes) is 1. The van der Waals surface area contributed by atoms with E-state index in [9.17, 15) is 5.11 Å². The van der Waals surface area contributed by atoms with Crippen LogP contribution in [0.4, 0.5) is 0 Å². The van der Waals surface area contributed by atoms with E-state index >= 15 is 0 Å². The van der Waals surface area contributed by atoms with E-state index in [-0.39, 0.29) is 6.61 Å². The lowest BCUT2D eigenvalue weighted by Gasteiger charge is -2.29. The Kier molecular flexibility index (Phi) is 6.75. The standard InChI is InChI=1S/C13H24N2O3/c1-3-4-5-12(16)10-18-11(2)13(14)15-6-8-17-9-7-15/h12,14,16H,2-10H2,1H3. The average Bonchev–Trinajstić information content (AvgIpc) is 2.42. The average molecular weight is 256 g/mol. The minimum absolute atomic E-state index is 0.214. The lowest BCUT2D eigenvalue weighted by Crippen LogP contribution is -2.41. The molecule has 2 N–H and O–H groups in total. The molecule has 0 aromatic heterocycles. The van der Waals surface area contributed by atoms with Crippen LogP contribution in [0.15, 0.2) is 12.3 Å². The first-order valence-corrected chi connectivity index (χ1v) is 6.56. The van der Waals surface area contributed by atoms with Crippen molar-refractivity contribution >= 4 is 5.84 Å². The van der Waals surface area contributed by atoms with Crippen LogP contribution in [0, 0.1) is 5.41 Å². The van der Waals surface area contributed by atoms with Crippen molar-refractivity contribution in [1.29, 1.82) is 5.41 Å². The summed E-state index contributed by atoms with van der Waals surface area (Å²) < 4.78 is 10.6. The highest BCUT2D eigenvalue weighted by Crippen LogP contribution is 2.08. The Labute approximate surface area is 109 Å². The molecule has 0 amide bonds. The van der Waals surface area contributed by atoms with Gasteiger partial charge in [-0.25, -0.2) is 0 Å². The van der Waals surface area contributed by atoms with Gasteiger partial charge in [-0.1, -0.05) is 26.3 Å². The van der Waals surface area contributed by atoms with E-state index in [0.717, 1.165) is 19.3 Å². The van der Waals surface area contributed by atoms with Gasteiger partial charge in [-0.3, -0.25) is 5.41 Å². The van der Waals surface area contributed by atoms with Gasteiger partial charge in [0.25, 0.3) is 0 Å². The van der Waals surface area contributed by atoms with E-state index < -0.39 is 6.10 Å². The Hall–Kier alpha value is -1.07. The van der Waals surface area contributed by atoms with E-state index in [2.05, 4.69) is 13.5 Å². The number of ether oxygens (including phenoxy) is 2. The fourth-order valence-corrected chi connectivity index (χ4v) is 1.75. The molecule has 5 nitrogen and oxygen atoms in total. The van der Waals surface area contributed by atoms with Crippen molar-refractivity contribution in [1.82, 2.24) is 4.90 Å². The second-order valence-corrected chi connectivity index (χ2v) is 4.48. The first-order valence-electron chi connectivity index (χ1n) is 6.56. The fraction of sp³-hybridized carbons (Fsp3) is 0.769. The molecule has 0 bridgehead atoms. The fourth-order valence-electron chi connectivity index (χ4n) is 1.75. The predicted molar refractivity (Wildman–Crippen MR) is 70.7 cm³/mol. The highest BCUT2D eigenvalue weighted by Gasteiger charge is 2.17. The molecule has 1 aliphatic heterocycles. The predicted octanol–water partition coefficient (Wildman–Crippen LogP) is 1.38. The van der Waals surface area contributed by atoms with Gasteiger partial charge in [0.1, 0.15) is 6.61 Å². The Balaban J connectivity index is 2.24. The molecule has 0 aromatic carbocycles. The molecule has 0 spiro atoms. The van der Waals surface area contributed by atoms with Gasteiger partial charge in [-0.05, 0) is 6.42 Å². The van der Waals surface area contributed by atoms with Crippen LogP contribution in [-0.2, 0) is 9.47 Å². The number of aliphatic hydroxyl groups excluding tert-OH is 1. The number of hydrogen-bond acceptors (Lipinski definition) is 4. The maximum absolute atomic E-state index is 9.65. The summed E-state index contributed by atoms with van der Waals surface area (Å²) in [4.78, 5) is 1.88. The highest BCUT2D eigenvalue weighted by atomic mass is 16.5. The van der Waals surface area contributed by atoms with Gasteiger partial charge in [0.05, 0.1) is 19.3 Å². The molecule has 5 heteroatoms. The summed E-state index contributed by atoms with van der Waals surface area (Å²) in [5.41, 5.74) is 0. The normalized spacial score (nSPS) is 17.3. The van der Waals surface area contributed by atoms with Crippen molar-refractivity contribution in [3.05, 3.63) is 12.3 Å². The molecule has 104 valence electrons. The number of hydrogen-bond donors (Lipinski definition) is 2. The third-order valence-corrected chi connectivity index (χ3v) is 2.93. The Bertz CT molecular complexity index is 275. The van der Waals surface area contributed by atoms with Crippen LogP contribution in [0.25, 0.3) is 0 Å². The van der Waals surface area contributed by atoms with Crippen molar-refractivity contribution < 1.29 is 14.6 Å². The van der Waals surface area contributed by atoms with Crippen molar-refractivity contribution in [3.8, 4) is 0 Å². The quantitative estimate of drug-likeness (QED) is 0.410. The molecular weight excluding hydrogens is 232 g/mol. The summed E-state index contributed by atoms with van der Waals surface area (Å²) in [7, 11) is 0. The SMILES string of the molecule is C=C(OCC(O)CCCC)C(=N)N1CCOCC1. The number of morpholine rings is 1. The minimum atomic E-state index is -0.473. The van der Waals surface area contributed by atoms with Crippen LogP contribution in [0.1, 0.15) is 26.2 Å². The van der Waals surface area contributed by atoms with Gasteiger partial charge in [-0.2, -0.15) is 0 Å². The minimum Gasteiger partial charge on any atom is -0.488 e. The zero-order valence-corrected chi connectivity index (χ0v) is 11.2. The Morgan fingerprint density at radius 2 is 2.17 bits per heavy atom. The monoisotopic (exact) mass is 256 g/mol. The summed E-state index contributed by atoms with van der Waals surface area (Å²) in [6.07, 6.45) is 2.30. The molecule has 0 aromatic rings. The molecular formula is C13H24N2O3. The van der Waals surface area contributed by atoms with E-state index in [1.54, 1.807) is 0 Å². The van der Waals surface area contributed by atoms with Crippen molar-refractivity contribution in [2.75, 3.05) is 32.9 Å². The van der Waals surface area contributed by atoms with Crippen molar-refractivity contribution in [2.24, 2.45) is 0 Å². The zero-order chi connectivity index (χ0) is 13.4. The molecule has 1 unspecified atom stereocenters. The van der Waals surface area contributed by atoms with Gasteiger partial charge >= 0.3 is 0 Å². The number of aliphatic hydroxyl groups is 1. The van der Waals surface area contributed by atoms with E-state index in [1.165, 1.54) is 0 Å². The Morgan fingerprint density at radius 3 is 2.78 bits per heavy atom. The number of nitrogens with zero attached hydrogens (tertiary/aromatic N) is 1. The lowest BCUT2D eigenvalue weighted by atomic mass is 10.2. The number of amidine groups is 1. The van der Waals surface area contributed by atoms with Crippen molar-refractivity contribution in [2.45, 2.75) is 32.3 Å². The van der Waals surface area contributed by atoms with Gasteiger partial charge in [-0.15, -0.1) is 0 Å². The smallest absolute Gasteiger partial charge is 0.163 e. The van der Waals surface area contributed by atoms with Crippen LogP contribution in [0.2, 0.25) is 0 Å². The van der Waals surface area contributed by atoms with Crippen LogP contribution >= 0.6 is 0 Å². The topological polar surface area (TPSA) is 65.8 Å². The summed E-state index contributed by atoms with van der Waals surface area (Å²) in [5, 5.41) is 17.6. The summed E-state index contributed by atoms with van der Waals surface area (Å²) in [6.45, 7) is 8.70. The summed E-state index contributed by atoms with van der Waals surface area (Å²) in [6, 6.07) is 0. The Morgan fingerprint density at radius 1 is 1.50 bits per heavy atom. The molecule has 1 atom stereocenters. The zero-order valence-electron chi connectivity index (χ0n) is 11.2. The van der Waals surface area contributed by atoms with E-state index in [1.807, 2.05) is 4.90 Å². The van der Waals surface area contributed by atoms with E-state index in [0.29, 0.717) is 37.9 Å². The third kappa shape index (κ3) is 5.06. The van der Waals surface area contributed by atoms with Gasteiger partial charge in [0, 0.05) is 13.1 Å². The number of nitrogens with one attached hydrogen (secondary N) is 1. The van der Waals surface area contributed by atoms with Gasteiger partial charge in [0.15, 0.2) is 11.6 Å². The molecule has 1 fully saturated rings. The maximum Gasteiger partial charge on any atom is 0.163 e. The second-order valence-electron chi connectivity index (χ2n) is 4.48. The van der Waals surface area contributed by atoms with Crippen LogP contribution < -0.4 is 0 Å². The van der Waals surface area contributed by atoms with Crippen LogP contribution in [-0.4, -0.2) is 54.9 Å². The van der Waals surface area contributed by atoms with Crippen molar-refractivity contribution in [3.63, 3.8) is 0 Å². The summed E-state index contributed by atoms with van der Waals surface area (Å²) in [5.74, 6) is 0.619. The van der Waals surface area contributed by atoms with Gasteiger partial charge in [0.2, 0.25) is 0 Å². The molecule has 18 heavy (non-hydrogen) atoms. The molecule has 1 rings (SSSR count). The first-order chi connectivity index (χ1) is 8.65. The lowest BCUT2D eigenvalue weighted by molar-refractivity contribution is 0.0568. The van der Waals surface area contributed by atoms with Crippen LogP contribution in [0.5, 0.6) is 0 Å².